The molecule has 0 aliphatic carbocycles. The van der Waals surface area contributed by atoms with Crippen LogP contribution in [0.4, 0.5) is 30.4 Å². The van der Waals surface area contributed by atoms with Crippen LogP contribution in [0.2, 0.25) is 5.02 Å². The summed E-state index contributed by atoms with van der Waals surface area (Å²) in [4.78, 5) is 72.5. The maximum absolute atomic E-state index is 14.4. The van der Waals surface area contributed by atoms with Crippen LogP contribution >= 0.6 is 11.6 Å². The summed E-state index contributed by atoms with van der Waals surface area (Å²) in [6.07, 6.45) is -0.901. The average Bonchev–Trinajstić information content (AvgIpc) is 3.13. The lowest BCUT2D eigenvalue weighted by atomic mass is 10.0. The van der Waals surface area contributed by atoms with Crippen molar-refractivity contribution in [2.75, 3.05) is 69.2 Å². The van der Waals surface area contributed by atoms with Crippen molar-refractivity contribution < 1.29 is 32.2 Å². The smallest absolute Gasteiger partial charge is 0.416 e. The van der Waals surface area contributed by atoms with Gasteiger partial charge in [-0.25, -0.2) is 9.97 Å². The molecule has 4 aromatic rings. The minimum absolute atomic E-state index is 0.00413. The molecule has 4 heterocycles. The number of H-pyrrole nitrogens is 1. The first-order valence-corrected chi connectivity index (χ1v) is 17.6. The fourth-order valence-corrected chi connectivity index (χ4v) is 6.61. The van der Waals surface area contributed by atoms with E-state index in [4.69, 9.17) is 21.1 Å². The molecule has 54 heavy (non-hydrogen) atoms. The summed E-state index contributed by atoms with van der Waals surface area (Å²) < 4.78 is 52.0. The van der Waals surface area contributed by atoms with E-state index >= 15 is 0 Å². The Bertz CT molecular complexity index is 2170. The number of pyridine rings is 2. The lowest BCUT2D eigenvalue weighted by Gasteiger charge is -2.42. The Morgan fingerprint density at radius 2 is 1.87 bits per heavy atom. The van der Waals surface area contributed by atoms with E-state index in [9.17, 15) is 32.3 Å². The zero-order valence-electron chi connectivity index (χ0n) is 30.8. The van der Waals surface area contributed by atoms with Gasteiger partial charge in [0.25, 0.3) is 5.91 Å². The number of rotatable bonds is 12. The molecule has 0 saturated carbocycles. The SMILES string of the molecule is CCc1c(N2CCN(C(=O)c3c(OCCOC)[nH]cc(C)c3=O)C(CC)C2)c(=O)c2nc(N(C)C)cnc2n1CC(=O)Nc1ccc(C(F)(F)F)cc1Cl. The number of carbonyl (C=O) groups excluding carboxylic acids is 2. The molecule has 1 aliphatic rings. The molecule has 5 rings (SSSR count). The van der Waals surface area contributed by atoms with Gasteiger partial charge >= 0.3 is 6.18 Å². The van der Waals surface area contributed by atoms with Crippen molar-refractivity contribution in [3.8, 4) is 5.88 Å². The van der Waals surface area contributed by atoms with Gasteiger partial charge in [0.1, 0.15) is 30.2 Å². The number of aromatic nitrogens is 4. The molecule has 3 aromatic heterocycles. The number of anilines is 3. The van der Waals surface area contributed by atoms with E-state index in [-0.39, 0.29) is 84.8 Å². The summed E-state index contributed by atoms with van der Waals surface area (Å²) in [6.45, 7) is 5.87. The standard InChI is InChI=1S/C36H42ClF3N8O6/c1-7-22-18-46(11-12-47(22)35(52)28-31(50)20(3)16-42-34(28)54-14-13-53-6)30-25(8-2)48(33-29(32(30)51)44-26(17-41-33)45(4)5)19-27(49)43-24-10-9-21(15-23(24)37)36(38,39)40/h9-10,15-17,22H,7-8,11-14,18-19H2,1-6H3,(H,42,50)(H,43,49). The molecule has 1 atom stereocenters. The molecule has 0 radical (unpaired) electrons. The minimum atomic E-state index is -4.62. The molecular weight excluding hydrogens is 733 g/mol. The van der Waals surface area contributed by atoms with Crippen LogP contribution in [-0.4, -0.2) is 96.3 Å². The third-order valence-corrected chi connectivity index (χ3v) is 9.51. The van der Waals surface area contributed by atoms with E-state index in [1.807, 2.05) is 18.7 Å². The topological polar surface area (TPSA) is 155 Å². The van der Waals surface area contributed by atoms with E-state index in [2.05, 4.69) is 20.3 Å². The van der Waals surface area contributed by atoms with Crippen LogP contribution in [0.5, 0.6) is 5.88 Å². The maximum atomic E-state index is 14.4. The molecule has 14 nitrogen and oxygen atoms in total. The first kappa shape index (κ1) is 40.0. The van der Waals surface area contributed by atoms with Crippen molar-refractivity contribution in [2.45, 2.75) is 52.4 Å². The molecule has 0 bridgehead atoms. The first-order valence-electron chi connectivity index (χ1n) is 17.3. The second-order valence-corrected chi connectivity index (χ2v) is 13.4. The van der Waals surface area contributed by atoms with Crippen LogP contribution in [0.3, 0.4) is 0 Å². The van der Waals surface area contributed by atoms with E-state index in [0.717, 1.165) is 18.2 Å². The van der Waals surface area contributed by atoms with Gasteiger partial charge in [-0.3, -0.25) is 19.2 Å². The van der Waals surface area contributed by atoms with E-state index < -0.39 is 40.5 Å². The second-order valence-electron chi connectivity index (χ2n) is 13.0. The van der Waals surface area contributed by atoms with Gasteiger partial charge in [-0.1, -0.05) is 25.4 Å². The second kappa shape index (κ2) is 16.5. The van der Waals surface area contributed by atoms with Gasteiger partial charge in [0.15, 0.2) is 11.2 Å². The Morgan fingerprint density at radius 3 is 2.50 bits per heavy atom. The highest BCUT2D eigenvalue weighted by Gasteiger charge is 2.36. The third-order valence-electron chi connectivity index (χ3n) is 9.20. The fourth-order valence-electron chi connectivity index (χ4n) is 6.38. The van der Waals surface area contributed by atoms with Crippen LogP contribution in [0, 0.1) is 6.92 Å². The number of hydrogen-bond donors (Lipinski definition) is 2. The molecule has 18 heteroatoms. The Hall–Kier alpha value is -5.16. The molecule has 1 saturated heterocycles. The van der Waals surface area contributed by atoms with Crippen molar-refractivity contribution >= 4 is 51.8 Å². The molecule has 0 spiro atoms. The van der Waals surface area contributed by atoms with E-state index in [1.165, 1.54) is 19.5 Å². The van der Waals surface area contributed by atoms with Crippen LogP contribution in [0.15, 0.2) is 40.2 Å². The number of benzene rings is 1. The lowest BCUT2D eigenvalue weighted by molar-refractivity contribution is -0.137. The first-order chi connectivity index (χ1) is 25.6. The number of piperazine rings is 1. The largest absolute Gasteiger partial charge is 0.476 e. The van der Waals surface area contributed by atoms with Crippen molar-refractivity contribution in [3.63, 3.8) is 0 Å². The van der Waals surface area contributed by atoms with Gasteiger partial charge in [-0.2, -0.15) is 13.2 Å². The number of aromatic amines is 1. The summed E-state index contributed by atoms with van der Waals surface area (Å²) in [5, 5.41) is 2.28. The highest BCUT2D eigenvalue weighted by molar-refractivity contribution is 6.33. The number of fused-ring (bicyclic) bond motifs is 1. The molecule has 2 amide bonds. The zero-order chi connectivity index (χ0) is 39.5. The van der Waals surface area contributed by atoms with Gasteiger partial charge < -0.3 is 39.0 Å². The van der Waals surface area contributed by atoms with Gasteiger partial charge in [0, 0.05) is 64.3 Å². The van der Waals surface area contributed by atoms with Crippen LogP contribution in [0.25, 0.3) is 11.2 Å². The minimum Gasteiger partial charge on any atom is -0.476 e. The molecule has 1 aliphatic heterocycles. The Balaban J connectivity index is 1.53. The van der Waals surface area contributed by atoms with Crippen LogP contribution < -0.4 is 30.7 Å². The fraction of sp³-hybridized carbons (Fsp3) is 0.444. The normalized spacial score (nSPS) is 14.7. The number of aryl methyl sites for hydroxylation is 1. The van der Waals surface area contributed by atoms with E-state index in [0.29, 0.717) is 23.5 Å². The van der Waals surface area contributed by atoms with E-state index in [1.54, 1.807) is 35.4 Å². The Labute approximate surface area is 313 Å². The number of carbonyl (C=O) groups is 2. The predicted octanol–water partition coefficient (Wildman–Crippen LogP) is 4.49. The number of hydrogen-bond acceptors (Lipinski definition) is 10. The molecule has 1 unspecified atom stereocenters. The number of ether oxygens (including phenoxy) is 2. The number of amides is 2. The number of alkyl halides is 3. The highest BCUT2D eigenvalue weighted by Crippen LogP contribution is 2.34. The Morgan fingerprint density at radius 1 is 1.13 bits per heavy atom. The van der Waals surface area contributed by atoms with Crippen molar-refractivity contribution in [1.29, 1.82) is 0 Å². The number of methoxy groups -OCH3 is 1. The number of nitrogens with one attached hydrogen (secondary N) is 2. The molecule has 1 fully saturated rings. The summed E-state index contributed by atoms with van der Waals surface area (Å²) in [6, 6.07) is 2.19. The van der Waals surface area contributed by atoms with Crippen molar-refractivity contribution in [2.24, 2.45) is 0 Å². The summed E-state index contributed by atoms with van der Waals surface area (Å²) in [5.74, 6) is -0.696. The molecular formula is C36H42ClF3N8O6. The van der Waals surface area contributed by atoms with Gasteiger partial charge in [0.2, 0.25) is 22.6 Å². The zero-order valence-corrected chi connectivity index (χ0v) is 31.5. The van der Waals surface area contributed by atoms with Gasteiger partial charge in [-0.15, -0.1) is 0 Å². The summed E-state index contributed by atoms with van der Waals surface area (Å²) in [5.41, 5.74) is -0.753. The van der Waals surface area contributed by atoms with Crippen LogP contribution in [-0.2, 0) is 28.7 Å². The van der Waals surface area contributed by atoms with Gasteiger partial charge in [-0.05, 0) is 38.0 Å². The Kier molecular flexibility index (Phi) is 12.2. The van der Waals surface area contributed by atoms with Crippen molar-refractivity contribution in [3.05, 3.63) is 78.4 Å². The van der Waals surface area contributed by atoms with Crippen LogP contribution in [0.1, 0.15) is 47.4 Å². The third kappa shape index (κ3) is 8.16. The number of nitrogens with zero attached hydrogens (tertiary/aromatic N) is 6. The van der Waals surface area contributed by atoms with Crippen molar-refractivity contribution in [1.82, 2.24) is 24.4 Å². The summed E-state index contributed by atoms with van der Waals surface area (Å²) in [7, 11) is 4.99. The maximum Gasteiger partial charge on any atom is 0.416 e. The molecule has 2 N–H and O–H groups in total. The number of halogens is 4. The molecule has 1 aromatic carbocycles. The molecule has 290 valence electrons. The monoisotopic (exact) mass is 774 g/mol. The highest BCUT2D eigenvalue weighted by atomic mass is 35.5. The average molecular weight is 775 g/mol. The predicted molar refractivity (Wildman–Crippen MR) is 199 cm³/mol. The quantitative estimate of drug-likeness (QED) is 0.197. The van der Waals surface area contributed by atoms with Gasteiger partial charge in [0.05, 0.1) is 29.1 Å². The lowest BCUT2D eigenvalue weighted by Crippen LogP contribution is -2.56. The summed E-state index contributed by atoms with van der Waals surface area (Å²) >= 11 is 6.13.